The molecule has 0 aliphatic rings. The van der Waals surface area contributed by atoms with Crippen molar-refractivity contribution in [3.8, 4) is 11.5 Å². The van der Waals surface area contributed by atoms with Gasteiger partial charge in [-0.15, -0.1) is 0 Å². The second-order valence-electron chi connectivity index (χ2n) is 19.4. The van der Waals surface area contributed by atoms with Gasteiger partial charge >= 0.3 is 11.9 Å². The van der Waals surface area contributed by atoms with Gasteiger partial charge < -0.3 is 19.7 Å². The molecule has 300 valence electrons. The number of carbonyl (C=O) groups is 2. The molecule has 0 aliphatic heterocycles. The van der Waals surface area contributed by atoms with Crippen LogP contribution in [0, 0.1) is 50.4 Å². The van der Waals surface area contributed by atoms with Crippen LogP contribution in [0.3, 0.4) is 0 Å². The van der Waals surface area contributed by atoms with E-state index in [1.165, 1.54) is 27.7 Å². The summed E-state index contributed by atoms with van der Waals surface area (Å²) < 4.78 is 38.8. The highest BCUT2D eigenvalue weighted by Gasteiger charge is 2.41. The molecule has 0 saturated carbocycles. The number of carbonyl (C=O) groups excluding carboxylic acids is 2. The zero-order valence-electron chi connectivity index (χ0n) is 36.0. The minimum Gasteiger partial charge on any atom is -0.507 e. The normalized spacial score (nSPS) is 15.4. The number of benzene rings is 2. The Morgan fingerprint density at radius 3 is 1.15 bits per heavy atom. The number of ether oxygens (including phenoxy) is 2. The molecule has 8 nitrogen and oxygen atoms in total. The summed E-state index contributed by atoms with van der Waals surface area (Å²) in [6.07, 6.45) is 1.71. The average molecular weight is 759 g/mol. The summed E-state index contributed by atoms with van der Waals surface area (Å²) in [7, 11) is -4.00. The summed E-state index contributed by atoms with van der Waals surface area (Å²) in [5.74, 6) is -3.04. The highest BCUT2D eigenvalue weighted by atomic mass is 32.2. The topological polar surface area (TPSA) is 127 Å². The van der Waals surface area contributed by atoms with Crippen LogP contribution in [0.1, 0.15) is 154 Å². The van der Waals surface area contributed by atoms with Crippen LogP contribution in [0.4, 0.5) is 0 Å². The number of esters is 2. The maximum Gasteiger partial charge on any atom is 0.310 e. The molecule has 4 unspecified atom stereocenters. The number of phenolic OH excluding ortho intramolecular Hbond substituents is 2. The SMILES string of the molecule is Cc1cc(C(C)(C)CC(C)(C)C)c(O)c(C)c1COC(=O)C(C)C(C)S(=O)(=O)C(C)C(C)C(=O)OCc1c(C)cc(C(C)(C)CC(C)(C)C)c(O)c1C. The minimum atomic E-state index is -4.00. The van der Waals surface area contributed by atoms with E-state index in [1.807, 2.05) is 26.0 Å². The van der Waals surface area contributed by atoms with Crippen LogP contribution in [-0.2, 0) is 52.9 Å². The molecule has 2 rings (SSSR count). The van der Waals surface area contributed by atoms with Crippen molar-refractivity contribution in [1.29, 1.82) is 0 Å². The second-order valence-corrected chi connectivity index (χ2v) is 22.1. The Balaban J connectivity index is 2.17. The third-order valence-corrected chi connectivity index (χ3v) is 14.0. The van der Waals surface area contributed by atoms with E-state index in [-0.39, 0.29) is 46.4 Å². The maximum atomic E-state index is 13.8. The van der Waals surface area contributed by atoms with Crippen molar-refractivity contribution in [3.05, 3.63) is 56.6 Å². The van der Waals surface area contributed by atoms with E-state index in [9.17, 15) is 28.2 Å². The molecule has 4 atom stereocenters. The molecule has 0 saturated heterocycles. The van der Waals surface area contributed by atoms with E-state index in [1.54, 1.807) is 13.8 Å². The van der Waals surface area contributed by atoms with E-state index >= 15 is 0 Å². The first-order valence-electron chi connectivity index (χ1n) is 19.0. The number of aryl methyl sites for hydroxylation is 2. The lowest BCUT2D eigenvalue weighted by molar-refractivity contribution is -0.149. The predicted molar refractivity (Wildman–Crippen MR) is 215 cm³/mol. The van der Waals surface area contributed by atoms with Gasteiger partial charge in [-0.25, -0.2) is 8.42 Å². The van der Waals surface area contributed by atoms with Gasteiger partial charge in [0.2, 0.25) is 0 Å². The van der Waals surface area contributed by atoms with E-state index in [0.717, 1.165) is 35.1 Å². The molecular weight excluding hydrogens is 689 g/mol. The molecule has 0 fully saturated rings. The lowest BCUT2D eigenvalue weighted by Gasteiger charge is -2.34. The summed E-state index contributed by atoms with van der Waals surface area (Å²) in [6, 6.07) is 3.90. The maximum absolute atomic E-state index is 13.8. The Labute approximate surface area is 321 Å². The molecule has 0 amide bonds. The zero-order chi connectivity index (χ0) is 41.4. The summed E-state index contributed by atoms with van der Waals surface area (Å²) in [5.41, 5.74) is 5.57. The van der Waals surface area contributed by atoms with E-state index < -0.39 is 44.1 Å². The number of rotatable bonds is 14. The summed E-state index contributed by atoms with van der Waals surface area (Å²) in [5, 5.41) is 20.1. The lowest BCUT2D eigenvalue weighted by atomic mass is 9.71. The zero-order valence-corrected chi connectivity index (χ0v) is 36.9. The van der Waals surface area contributed by atoms with Gasteiger partial charge in [-0.3, -0.25) is 9.59 Å². The number of hydrogen-bond donors (Lipinski definition) is 2. The largest absolute Gasteiger partial charge is 0.507 e. The van der Waals surface area contributed by atoms with Crippen LogP contribution in [0.5, 0.6) is 11.5 Å². The molecule has 0 aromatic heterocycles. The van der Waals surface area contributed by atoms with Gasteiger partial charge in [0.05, 0.1) is 22.3 Å². The standard InChI is InChI=1S/C44H70O8S/c1-25-19-35(43(15,16)23-41(9,10)11)37(45)29(5)33(25)21-51-39(47)27(3)31(7)53(49,50)32(8)28(4)40(48)52-22-34-26(2)20-36(38(46)30(34)6)44(17,18)24-42(12,13)14/h19-20,27-28,31-32,45-46H,21-24H2,1-18H3. The quantitative estimate of drug-likeness (QED) is 0.182. The van der Waals surface area contributed by atoms with Crippen molar-refractivity contribution in [3.63, 3.8) is 0 Å². The Hall–Kier alpha value is -3.07. The Morgan fingerprint density at radius 2 is 0.887 bits per heavy atom. The molecule has 2 aromatic rings. The monoisotopic (exact) mass is 758 g/mol. The van der Waals surface area contributed by atoms with Gasteiger partial charge in [-0.1, -0.05) is 95.2 Å². The fraction of sp³-hybridized carbons (Fsp3) is 0.682. The van der Waals surface area contributed by atoms with Crippen molar-refractivity contribution in [2.75, 3.05) is 0 Å². The van der Waals surface area contributed by atoms with Crippen molar-refractivity contribution in [1.82, 2.24) is 0 Å². The molecule has 0 radical (unpaired) electrons. The van der Waals surface area contributed by atoms with E-state index in [0.29, 0.717) is 22.3 Å². The van der Waals surface area contributed by atoms with Crippen molar-refractivity contribution < 1.29 is 37.7 Å². The van der Waals surface area contributed by atoms with Crippen LogP contribution in [0.25, 0.3) is 0 Å². The predicted octanol–water partition coefficient (Wildman–Crippen LogP) is 10.0. The fourth-order valence-corrected chi connectivity index (χ4v) is 10.2. The van der Waals surface area contributed by atoms with Crippen molar-refractivity contribution >= 4 is 21.8 Å². The summed E-state index contributed by atoms with van der Waals surface area (Å²) >= 11 is 0. The van der Waals surface area contributed by atoms with E-state index in [2.05, 4.69) is 69.2 Å². The lowest BCUT2D eigenvalue weighted by Crippen LogP contribution is -2.41. The highest BCUT2D eigenvalue weighted by molar-refractivity contribution is 7.92. The molecule has 2 aromatic carbocycles. The molecular formula is C44H70O8S. The number of aromatic hydroxyl groups is 2. The van der Waals surface area contributed by atoms with Gasteiger partial charge in [-0.2, -0.15) is 0 Å². The molecule has 0 aliphatic carbocycles. The van der Waals surface area contributed by atoms with Gasteiger partial charge in [-0.05, 0) is 109 Å². The number of phenols is 2. The van der Waals surface area contributed by atoms with Crippen molar-refractivity contribution in [2.24, 2.45) is 22.7 Å². The van der Waals surface area contributed by atoms with E-state index in [4.69, 9.17) is 9.47 Å². The minimum absolute atomic E-state index is 0.0499. The third kappa shape index (κ3) is 11.0. The number of sulfone groups is 1. The van der Waals surface area contributed by atoms with Crippen LogP contribution in [-0.4, -0.2) is 41.1 Å². The highest BCUT2D eigenvalue weighted by Crippen LogP contribution is 2.44. The smallest absolute Gasteiger partial charge is 0.310 e. The molecule has 9 heteroatoms. The Bertz CT molecular complexity index is 1650. The van der Waals surface area contributed by atoms with Crippen LogP contribution < -0.4 is 0 Å². The summed E-state index contributed by atoms with van der Waals surface area (Å²) in [4.78, 5) is 26.5. The Kier molecular flexibility index (Phi) is 14.2. The van der Waals surface area contributed by atoms with Crippen LogP contribution in [0.2, 0.25) is 0 Å². The van der Waals surface area contributed by atoms with Gasteiger partial charge in [0, 0.05) is 11.1 Å². The molecule has 0 spiro atoms. The third-order valence-electron chi connectivity index (χ3n) is 11.1. The first-order chi connectivity index (χ1) is 23.8. The first-order valence-corrected chi connectivity index (χ1v) is 20.6. The molecule has 2 N–H and O–H groups in total. The molecule has 0 heterocycles. The van der Waals surface area contributed by atoms with Gasteiger partial charge in [0.15, 0.2) is 9.84 Å². The summed E-state index contributed by atoms with van der Waals surface area (Å²) in [6.45, 7) is 34.6. The van der Waals surface area contributed by atoms with Crippen LogP contribution in [0.15, 0.2) is 12.1 Å². The number of hydrogen-bond acceptors (Lipinski definition) is 8. The van der Waals surface area contributed by atoms with Gasteiger partial charge in [0.1, 0.15) is 24.7 Å². The van der Waals surface area contributed by atoms with Gasteiger partial charge in [0.25, 0.3) is 0 Å². The van der Waals surface area contributed by atoms with Crippen LogP contribution >= 0.6 is 0 Å². The fourth-order valence-electron chi connectivity index (χ4n) is 8.18. The first kappa shape index (κ1) is 46.1. The Morgan fingerprint density at radius 1 is 0.604 bits per heavy atom. The van der Waals surface area contributed by atoms with Crippen molar-refractivity contribution in [2.45, 2.75) is 172 Å². The molecule has 0 bridgehead atoms. The second kappa shape index (κ2) is 16.3. The average Bonchev–Trinajstić information content (AvgIpc) is 2.99. The molecule has 53 heavy (non-hydrogen) atoms.